The second-order valence-electron chi connectivity index (χ2n) is 7.81. The maximum Gasteiger partial charge on any atom is 0.220 e. The average molecular weight is 405 g/mol. The molecule has 5 nitrogen and oxygen atoms in total. The van der Waals surface area contributed by atoms with Gasteiger partial charge in [-0.3, -0.25) is 9.48 Å². The van der Waals surface area contributed by atoms with Crippen molar-refractivity contribution < 1.29 is 4.79 Å². The molecule has 2 heterocycles. The summed E-state index contributed by atoms with van der Waals surface area (Å²) < 4.78 is 2.06. The Morgan fingerprint density at radius 3 is 2.68 bits per heavy atom. The van der Waals surface area contributed by atoms with E-state index >= 15 is 0 Å². The molecular weight excluding hydrogens is 372 g/mol. The minimum atomic E-state index is 0. The van der Waals surface area contributed by atoms with Gasteiger partial charge < -0.3 is 10.6 Å². The standard InChI is InChI=1S/C22H32N4O.ClH/c1-16-6-8-19(9-7-16)15-26-18(3)21(17(2)25-26)10-11-22(27)24-14-20-5-4-12-23-13-20;/h6-9,20,23H,4-5,10-15H2,1-3H3,(H,24,27);1H. The number of carbonyl (C=O) groups is 1. The lowest BCUT2D eigenvalue weighted by molar-refractivity contribution is -0.121. The van der Waals surface area contributed by atoms with E-state index in [9.17, 15) is 4.79 Å². The number of aromatic nitrogens is 2. The van der Waals surface area contributed by atoms with Gasteiger partial charge in [-0.2, -0.15) is 5.10 Å². The SMILES string of the molecule is Cc1ccc(Cn2nc(C)c(CCC(=O)NCC3CCCNC3)c2C)cc1.Cl. The van der Waals surface area contributed by atoms with E-state index < -0.39 is 0 Å². The summed E-state index contributed by atoms with van der Waals surface area (Å²) in [7, 11) is 0. The number of rotatable bonds is 7. The summed E-state index contributed by atoms with van der Waals surface area (Å²) >= 11 is 0. The van der Waals surface area contributed by atoms with Gasteiger partial charge in [-0.15, -0.1) is 12.4 Å². The van der Waals surface area contributed by atoms with Gasteiger partial charge in [-0.25, -0.2) is 0 Å². The zero-order valence-electron chi connectivity index (χ0n) is 17.3. The second-order valence-corrected chi connectivity index (χ2v) is 7.81. The first kappa shape index (κ1) is 22.4. The molecule has 1 saturated heterocycles. The summed E-state index contributed by atoms with van der Waals surface area (Å²) in [6.45, 7) is 9.93. The Labute approximate surface area is 174 Å². The highest BCUT2D eigenvalue weighted by atomic mass is 35.5. The Morgan fingerprint density at radius 1 is 1.25 bits per heavy atom. The van der Waals surface area contributed by atoms with Crippen LogP contribution >= 0.6 is 12.4 Å². The van der Waals surface area contributed by atoms with Crippen molar-refractivity contribution in [1.29, 1.82) is 0 Å². The zero-order chi connectivity index (χ0) is 19.2. The summed E-state index contributed by atoms with van der Waals surface area (Å²) in [5.74, 6) is 0.717. The van der Waals surface area contributed by atoms with Crippen molar-refractivity contribution in [3.05, 3.63) is 52.3 Å². The number of halogens is 1. The largest absolute Gasteiger partial charge is 0.356 e. The number of aryl methyl sites for hydroxylation is 2. The average Bonchev–Trinajstić information content (AvgIpc) is 2.94. The van der Waals surface area contributed by atoms with E-state index in [-0.39, 0.29) is 18.3 Å². The van der Waals surface area contributed by atoms with Crippen LogP contribution in [-0.4, -0.2) is 35.3 Å². The van der Waals surface area contributed by atoms with Crippen LogP contribution in [0.4, 0.5) is 0 Å². The van der Waals surface area contributed by atoms with Gasteiger partial charge in [-0.1, -0.05) is 29.8 Å². The lowest BCUT2D eigenvalue weighted by Crippen LogP contribution is -2.38. The Morgan fingerprint density at radius 2 is 2.00 bits per heavy atom. The van der Waals surface area contributed by atoms with E-state index in [1.807, 2.05) is 6.92 Å². The number of carbonyl (C=O) groups excluding carboxylic acids is 1. The Kier molecular flexibility index (Phi) is 8.52. The van der Waals surface area contributed by atoms with Crippen molar-refractivity contribution in [1.82, 2.24) is 20.4 Å². The predicted molar refractivity (Wildman–Crippen MR) is 116 cm³/mol. The fourth-order valence-electron chi connectivity index (χ4n) is 3.80. The van der Waals surface area contributed by atoms with Crippen molar-refractivity contribution in [2.24, 2.45) is 5.92 Å². The van der Waals surface area contributed by atoms with E-state index in [2.05, 4.69) is 53.4 Å². The number of hydrogen-bond acceptors (Lipinski definition) is 3. The van der Waals surface area contributed by atoms with E-state index in [0.717, 1.165) is 44.0 Å². The molecule has 1 unspecified atom stereocenters. The van der Waals surface area contributed by atoms with Gasteiger partial charge in [0.1, 0.15) is 0 Å². The first-order chi connectivity index (χ1) is 13.0. The fourth-order valence-corrected chi connectivity index (χ4v) is 3.80. The van der Waals surface area contributed by atoms with Crippen molar-refractivity contribution in [2.45, 2.75) is 53.0 Å². The highest BCUT2D eigenvalue weighted by Gasteiger charge is 2.16. The Bertz CT molecular complexity index is 764. The lowest BCUT2D eigenvalue weighted by Gasteiger charge is -2.22. The highest BCUT2D eigenvalue weighted by molar-refractivity contribution is 5.85. The van der Waals surface area contributed by atoms with Gasteiger partial charge in [0.15, 0.2) is 0 Å². The second kappa shape index (κ2) is 10.6. The number of nitrogens with one attached hydrogen (secondary N) is 2. The molecule has 3 rings (SSSR count). The lowest BCUT2D eigenvalue weighted by atomic mass is 9.99. The molecule has 1 fully saturated rings. The molecule has 1 atom stereocenters. The molecule has 1 aromatic carbocycles. The number of nitrogens with zero attached hydrogens (tertiary/aromatic N) is 2. The molecule has 0 spiro atoms. The van der Waals surface area contributed by atoms with Gasteiger partial charge in [-0.05, 0) is 70.2 Å². The summed E-state index contributed by atoms with van der Waals surface area (Å²) in [6.07, 6.45) is 3.69. The molecule has 1 aliphatic rings. The Balaban J connectivity index is 0.00000280. The van der Waals surface area contributed by atoms with Crippen molar-refractivity contribution in [2.75, 3.05) is 19.6 Å². The van der Waals surface area contributed by atoms with Crippen molar-refractivity contribution >= 4 is 18.3 Å². The summed E-state index contributed by atoms with van der Waals surface area (Å²) in [6, 6.07) is 8.57. The van der Waals surface area contributed by atoms with Crippen LogP contribution in [0.25, 0.3) is 0 Å². The zero-order valence-corrected chi connectivity index (χ0v) is 18.1. The maximum atomic E-state index is 12.3. The number of benzene rings is 1. The molecule has 28 heavy (non-hydrogen) atoms. The monoisotopic (exact) mass is 404 g/mol. The molecule has 2 aromatic rings. The topological polar surface area (TPSA) is 59.0 Å². The molecular formula is C22H33ClN4O. The smallest absolute Gasteiger partial charge is 0.220 e. The number of piperidine rings is 1. The number of amides is 1. The third kappa shape index (κ3) is 6.08. The third-order valence-corrected chi connectivity index (χ3v) is 5.57. The van der Waals surface area contributed by atoms with Crippen LogP contribution in [0.15, 0.2) is 24.3 Å². The Hall–Kier alpha value is -1.85. The van der Waals surface area contributed by atoms with Gasteiger partial charge >= 0.3 is 0 Å². The van der Waals surface area contributed by atoms with Crippen LogP contribution in [0.3, 0.4) is 0 Å². The summed E-state index contributed by atoms with van der Waals surface area (Å²) in [5.41, 5.74) is 5.91. The van der Waals surface area contributed by atoms with Crippen molar-refractivity contribution in [3.8, 4) is 0 Å². The maximum absolute atomic E-state index is 12.3. The molecule has 0 bridgehead atoms. The van der Waals surface area contributed by atoms with Gasteiger partial charge in [0.2, 0.25) is 5.91 Å². The van der Waals surface area contributed by atoms with E-state index in [4.69, 9.17) is 5.10 Å². The first-order valence-corrected chi connectivity index (χ1v) is 10.1. The van der Waals surface area contributed by atoms with Gasteiger partial charge in [0, 0.05) is 18.7 Å². The van der Waals surface area contributed by atoms with Crippen molar-refractivity contribution in [3.63, 3.8) is 0 Å². The van der Waals surface area contributed by atoms with Crippen LogP contribution < -0.4 is 10.6 Å². The minimum Gasteiger partial charge on any atom is -0.356 e. The van der Waals surface area contributed by atoms with Crippen LogP contribution in [0.1, 0.15) is 47.3 Å². The van der Waals surface area contributed by atoms with Gasteiger partial charge in [0.25, 0.3) is 0 Å². The van der Waals surface area contributed by atoms with Crippen LogP contribution in [0, 0.1) is 26.7 Å². The molecule has 0 saturated carbocycles. The van der Waals surface area contributed by atoms with E-state index in [0.29, 0.717) is 12.3 Å². The quantitative estimate of drug-likeness (QED) is 0.744. The molecule has 2 N–H and O–H groups in total. The van der Waals surface area contributed by atoms with Crippen LogP contribution in [-0.2, 0) is 17.8 Å². The predicted octanol–water partition coefficient (Wildman–Crippen LogP) is 3.33. The molecule has 1 aliphatic heterocycles. The fraction of sp³-hybridized carbons (Fsp3) is 0.545. The molecule has 0 aliphatic carbocycles. The minimum absolute atomic E-state index is 0. The highest BCUT2D eigenvalue weighted by Crippen LogP contribution is 2.17. The molecule has 154 valence electrons. The van der Waals surface area contributed by atoms with E-state index in [1.54, 1.807) is 0 Å². The van der Waals surface area contributed by atoms with Crippen LogP contribution in [0.5, 0.6) is 0 Å². The normalized spacial score (nSPS) is 16.5. The van der Waals surface area contributed by atoms with Gasteiger partial charge in [0.05, 0.1) is 12.2 Å². The first-order valence-electron chi connectivity index (χ1n) is 10.1. The van der Waals surface area contributed by atoms with Crippen LogP contribution in [0.2, 0.25) is 0 Å². The van der Waals surface area contributed by atoms with E-state index in [1.165, 1.54) is 29.5 Å². The summed E-state index contributed by atoms with van der Waals surface area (Å²) in [5, 5.41) is 11.2. The number of hydrogen-bond donors (Lipinski definition) is 2. The molecule has 6 heteroatoms. The molecule has 1 aromatic heterocycles. The summed E-state index contributed by atoms with van der Waals surface area (Å²) in [4.78, 5) is 12.3. The molecule has 1 amide bonds. The third-order valence-electron chi connectivity index (χ3n) is 5.57. The molecule has 0 radical (unpaired) electrons.